The summed E-state index contributed by atoms with van der Waals surface area (Å²) >= 11 is 0. The van der Waals surface area contributed by atoms with E-state index in [1.54, 1.807) is 31.1 Å². The van der Waals surface area contributed by atoms with Gasteiger partial charge in [0, 0.05) is 25.0 Å². The van der Waals surface area contributed by atoms with Gasteiger partial charge in [-0.2, -0.15) is 0 Å². The molecule has 1 aromatic carbocycles. The van der Waals surface area contributed by atoms with Gasteiger partial charge < -0.3 is 9.64 Å². The molecule has 126 valence electrons. The molecule has 6 nitrogen and oxygen atoms in total. The van der Waals surface area contributed by atoms with Gasteiger partial charge in [-0.25, -0.2) is 13.1 Å². The van der Waals surface area contributed by atoms with E-state index in [0.29, 0.717) is 23.9 Å². The number of benzene rings is 1. The average Bonchev–Trinajstić information content (AvgIpc) is 3.25. The van der Waals surface area contributed by atoms with Gasteiger partial charge in [0.05, 0.1) is 12.0 Å². The molecule has 7 heteroatoms. The molecule has 1 atom stereocenters. The second-order valence-corrected chi connectivity index (χ2v) is 8.07. The van der Waals surface area contributed by atoms with E-state index in [4.69, 9.17) is 4.74 Å². The minimum atomic E-state index is -3.66. The summed E-state index contributed by atoms with van der Waals surface area (Å²) in [7, 11) is -2.10. The number of rotatable bonds is 5. The molecule has 1 heterocycles. The normalized spacial score (nSPS) is 21.8. The number of methoxy groups -OCH3 is 1. The molecule has 23 heavy (non-hydrogen) atoms. The number of likely N-dealkylation sites (tertiary alicyclic amines) is 1. The molecule has 0 spiro atoms. The zero-order valence-corrected chi connectivity index (χ0v) is 14.4. The minimum Gasteiger partial charge on any atom is -0.496 e. The number of hydrogen-bond donors (Lipinski definition) is 1. The van der Waals surface area contributed by atoms with Gasteiger partial charge in [-0.3, -0.25) is 4.79 Å². The van der Waals surface area contributed by atoms with Gasteiger partial charge in [0.25, 0.3) is 0 Å². The first kappa shape index (κ1) is 16.3. The maximum Gasteiger partial charge on any atom is 0.241 e. The highest BCUT2D eigenvalue weighted by Gasteiger charge is 2.40. The van der Waals surface area contributed by atoms with E-state index >= 15 is 0 Å². The van der Waals surface area contributed by atoms with Crippen molar-refractivity contribution in [3.8, 4) is 5.75 Å². The molecule has 0 aromatic heterocycles. The van der Waals surface area contributed by atoms with Gasteiger partial charge in [-0.1, -0.05) is 0 Å². The lowest BCUT2D eigenvalue weighted by molar-refractivity contribution is -0.128. The second-order valence-electron chi connectivity index (χ2n) is 6.39. The van der Waals surface area contributed by atoms with Crippen molar-refractivity contribution in [2.75, 3.05) is 13.7 Å². The van der Waals surface area contributed by atoms with Crippen molar-refractivity contribution in [3.63, 3.8) is 0 Å². The largest absolute Gasteiger partial charge is 0.496 e. The second kappa shape index (κ2) is 5.79. The van der Waals surface area contributed by atoms with Gasteiger partial charge in [-0.05, 0) is 49.9 Å². The van der Waals surface area contributed by atoms with Crippen molar-refractivity contribution in [3.05, 3.63) is 23.3 Å². The Morgan fingerprint density at radius 2 is 1.91 bits per heavy atom. The van der Waals surface area contributed by atoms with Gasteiger partial charge in [0.1, 0.15) is 5.75 Å². The molecular weight excluding hydrogens is 316 g/mol. The van der Waals surface area contributed by atoms with E-state index in [2.05, 4.69) is 4.72 Å². The number of ether oxygens (including phenoxy) is 1. The molecule has 1 saturated heterocycles. The quantitative estimate of drug-likeness (QED) is 0.879. The van der Waals surface area contributed by atoms with Crippen LogP contribution in [0.4, 0.5) is 0 Å². The predicted molar refractivity (Wildman–Crippen MR) is 85.9 cm³/mol. The molecular formula is C16H22N2O4S. The number of nitrogens with zero attached hydrogens (tertiary/aromatic N) is 1. The number of sulfonamides is 1. The van der Waals surface area contributed by atoms with Crippen LogP contribution < -0.4 is 9.46 Å². The first-order valence-corrected chi connectivity index (χ1v) is 9.27. The molecule has 1 amide bonds. The van der Waals surface area contributed by atoms with Crippen molar-refractivity contribution in [2.24, 2.45) is 0 Å². The smallest absolute Gasteiger partial charge is 0.241 e. The molecule has 0 radical (unpaired) electrons. The maximum atomic E-state index is 12.7. The molecule has 1 N–H and O–H groups in total. The summed E-state index contributed by atoms with van der Waals surface area (Å²) in [4.78, 5) is 14.0. The first-order chi connectivity index (χ1) is 10.8. The van der Waals surface area contributed by atoms with Gasteiger partial charge >= 0.3 is 0 Å². The number of aryl methyl sites for hydroxylation is 2. The van der Waals surface area contributed by atoms with E-state index in [-0.39, 0.29) is 23.3 Å². The van der Waals surface area contributed by atoms with Crippen LogP contribution in [0.5, 0.6) is 5.75 Å². The lowest BCUT2D eigenvalue weighted by Crippen LogP contribution is -2.37. The van der Waals surface area contributed by atoms with Crippen LogP contribution in [-0.2, 0) is 14.8 Å². The summed E-state index contributed by atoms with van der Waals surface area (Å²) in [5.74, 6) is 0.709. The zero-order valence-electron chi connectivity index (χ0n) is 13.6. The van der Waals surface area contributed by atoms with Crippen LogP contribution >= 0.6 is 0 Å². The lowest BCUT2D eigenvalue weighted by atomic mass is 10.1. The van der Waals surface area contributed by atoms with Crippen LogP contribution in [0.2, 0.25) is 0 Å². The molecule has 1 aliphatic carbocycles. The van der Waals surface area contributed by atoms with E-state index in [1.807, 2.05) is 6.92 Å². The Morgan fingerprint density at radius 1 is 1.22 bits per heavy atom. The SMILES string of the molecule is COc1cc(C)c(S(=O)(=O)NC2CC(=O)N(C3CC3)C2)cc1C. The lowest BCUT2D eigenvalue weighted by Gasteiger charge is -2.17. The molecule has 0 bridgehead atoms. The summed E-state index contributed by atoms with van der Waals surface area (Å²) in [5, 5.41) is 0. The molecule has 1 unspecified atom stereocenters. The minimum absolute atomic E-state index is 0.0443. The van der Waals surface area contributed by atoms with E-state index < -0.39 is 10.0 Å². The van der Waals surface area contributed by atoms with Crippen LogP contribution in [0.25, 0.3) is 0 Å². The summed E-state index contributed by atoms with van der Waals surface area (Å²) in [6.07, 6.45) is 2.30. The predicted octanol–water partition coefficient (Wildman–Crippen LogP) is 1.35. The van der Waals surface area contributed by atoms with Crippen molar-refractivity contribution in [1.29, 1.82) is 0 Å². The first-order valence-electron chi connectivity index (χ1n) is 7.79. The number of carbonyl (C=O) groups is 1. The highest BCUT2D eigenvalue weighted by molar-refractivity contribution is 7.89. The molecule has 3 rings (SSSR count). The summed E-state index contributed by atoms with van der Waals surface area (Å²) in [6.45, 7) is 4.02. The topological polar surface area (TPSA) is 75.7 Å². The van der Waals surface area contributed by atoms with Crippen LogP contribution in [0, 0.1) is 13.8 Å². The fraction of sp³-hybridized carbons (Fsp3) is 0.562. The highest BCUT2D eigenvalue weighted by Crippen LogP contribution is 2.31. The van der Waals surface area contributed by atoms with E-state index in [9.17, 15) is 13.2 Å². The fourth-order valence-electron chi connectivity index (χ4n) is 3.11. The summed E-state index contributed by atoms with van der Waals surface area (Å²) in [6, 6.07) is 3.31. The molecule has 2 fully saturated rings. The Morgan fingerprint density at radius 3 is 2.52 bits per heavy atom. The van der Waals surface area contributed by atoms with Crippen LogP contribution in [0.3, 0.4) is 0 Å². The fourth-order valence-corrected chi connectivity index (χ4v) is 4.64. The highest BCUT2D eigenvalue weighted by atomic mass is 32.2. The van der Waals surface area contributed by atoms with Crippen molar-refractivity contribution in [1.82, 2.24) is 9.62 Å². The van der Waals surface area contributed by atoms with E-state index in [1.165, 1.54) is 0 Å². The van der Waals surface area contributed by atoms with Gasteiger partial charge in [0.2, 0.25) is 15.9 Å². The Labute approximate surface area is 136 Å². The van der Waals surface area contributed by atoms with Crippen LogP contribution in [-0.4, -0.2) is 45.0 Å². The Bertz CT molecular complexity index is 741. The standard InChI is InChI=1S/C16H22N2O4S/c1-10-7-15(11(2)6-14(10)22-3)23(20,21)17-12-8-16(19)18(9-12)13-4-5-13/h6-7,12-13,17H,4-5,8-9H2,1-3H3. The van der Waals surface area contributed by atoms with Crippen LogP contribution in [0.1, 0.15) is 30.4 Å². The van der Waals surface area contributed by atoms with Gasteiger partial charge in [0.15, 0.2) is 0 Å². The number of nitrogens with one attached hydrogen (secondary N) is 1. The Kier molecular flexibility index (Phi) is 4.10. The zero-order chi connectivity index (χ0) is 16.8. The Hall–Kier alpha value is -1.60. The summed E-state index contributed by atoms with van der Waals surface area (Å²) in [5.41, 5.74) is 1.39. The third-order valence-corrected chi connectivity index (χ3v) is 6.11. The van der Waals surface area contributed by atoms with E-state index in [0.717, 1.165) is 18.4 Å². The van der Waals surface area contributed by atoms with Crippen molar-refractivity contribution >= 4 is 15.9 Å². The molecule has 1 saturated carbocycles. The van der Waals surface area contributed by atoms with Gasteiger partial charge in [-0.15, -0.1) is 0 Å². The number of hydrogen-bond acceptors (Lipinski definition) is 4. The number of amides is 1. The average molecular weight is 338 g/mol. The molecule has 2 aliphatic rings. The van der Waals surface area contributed by atoms with Crippen molar-refractivity contribution in [2.45, 2.75) is 50.1 Å². The maximum absolute atomic E-state index is 12.7. The van der Waals surface area contributed by atoms with Crippen molar-refractivity contribution < 1.29 is 17.9 Å². The molecule has 1 aromatic rings. The third-order valence-electron chi connectivity index (χ3n) is 4.45. The summed E-state index contributed by atoms with van der Waals surface area (Å²) < 4.78 is 33.3. The third kappa shape index (κ3) is 3.21. The monoisotopic (exact) mass is 338 g/mol. The Balaban J connectivity index is 1.79. The number of carbonyl (C=O) groups excluding carboxylic acids is 1. The molecule has 1 aliphatic heterocycles. The van der Waals surface area contributed by atoms with Crippen LogP contribution in [0.15, 0.2) is 17.0 Å².